The molecule has 2 heterocycles. The predicted octanol–water partition coefficient (Wildman–Crippen LogP) is 2.16. The van der Waals surface area contributed by atoms with E-state index in [0.717, 1.165) is 18.5 Å². The normalized spacial score (nSPS) is 13.4. The van der Waals surface area contributed by atoms with Crippen LogP contribution < -0.4 is 0 Å². The SMILES string of the molecule is Cc1nc2ncnn2c(C)c1CC(=O)OCC(=O)N(Cc1ccccc1F)C1CC1. The van der Waals surface area contributed by atoms with Gasteiger partial charge in [0.05, 0.1) is 6.42 Å². The monoisotopic (exact) mass is 411 g/mol. The van der Waals surface area contributed by atoms with Gasteiger partial charge in [-0.25, -0.2) is 13.9 Å². The minimum absolute atomic E-state index is 0.0233. The molecule has 0 aliphatic heterocycles. The molecule has 0 unspecified atom stereocenters. The minimum atomic E-state index is -0.530. The van der Waals surface area contributed by atoms with Crippen LogP contribution >= 0.6 is 0 Å². The number of aromatic nitrogens is 4. The molecule has 0 spiro atoms. The molecule has 4 rings (SSSR count). The number of nitrogens with zero attached hydrogens (tertiary/aromatic N) is 5. The Bertz CT molecular complexity index is 1110. The zero-order chi connectivity index (χ0) is 21.3. The number of carbonyl (C=O) groups excluding carboxylic acids is 2. The lowest BCUT2D eigenvalue weighted by Gasteiger charge is -2.22. The molecule has 1 aliphatic carbocycles. The molecule has 0 saturated heterocycles. The average molecular weight is 411 g/mol. The number of ether oxygens (including phenoxy) is 1. The molecule has 1 aromatic carbocycles. The second-order valence-electron chi connectivity index (χ2n) is 7.41. The Morgan fingerprint density at radius 3 is 2.77 bits per heavy atom. The van der Waals surface area contributed by atoms with Crippen LogP contribution in [0.4, 0.5) is 4.39 Å². The first kappa shape index (κ1) is 19.9. The highest BCUT2D eigenvalue weighted by molar-refractivity contribution is 5.82. The van der Waals surface area contributed by atoms with Crippen LogP contribution in [0, 0.1) is 19.7 Å². The molecule has 2 aromatic heterocycles. The van der Waals surface area contributed by atoms with Crippen LogP contribution in [-0.2, 0) is 27.3 Å². The third-order valence-corrected chi connectivity index (χ3v) is 5.27. The van der Waals surface area contributed by atoms with E-state index < -0.39 is 5.97 Å². The van der Waals surface area contributed by atoms with Gasteiger partial charge in [0, 0.05) is 35.1 Å². The predicted molar refractivity (Wildman–Crippen MR) is 105 cm³/mol. The van der Waals surface area contributed by atoms with Crippen molar-refractivity contribution in [2.75, 3.05) is 6.61 Å². The maximum atomic E-state index is 14.0. The number of carbonyl (C=O) groups is 2. The second kappa shape index (κ2) is 8.17. The maximum absolute atomic E-state index is 14.0. The van der Waals surface area contributed by atoms with E-state index in [1.165, 1.54) is 12.4 Å². The lowest BCUT2D eigenvalue weighted by atomic mass is 10.1. The Hall–Kier alpha value is -3.36. The fraction of sp³-hybridized carbons (Fsp3) is 0.381. The van der Waals surface area contributed by atoms with Crippen molar-refractivity contribution in [3.63, 3.8) is 0 Å². The number of rotatable bonds is 7. The van der Waals surface area contributed by atoms with E-state index in [4.69, 9.17) is 4.74 Å². The fourth-order valence-corrected chi connectivity index (χ4v) is 3.45. The zero-order valence-electron chi connectivity index (χ0n) is 16.8. The number of aryl methyl sites for hydroxylation is 2. The minimum Gasteiger partial charge on any atom is -0.455 e. The molecule has 1 fully saturated rings. The summed E-state index contributed by atoms with van der Waals surface area (Å²) in [5.74, 6) is -0.745. The molecule has 1 aliphatic rings. The van der Waals surface area contributed by atoms with Crippen LogP contribution in [-0.4, -0.2) is 49.0 Å². The van der Waals surface area contributed by atoms with Crippen molar-refractivity contribution in [3.05, 3.63) is 58.9 Å². The van der Waals surface area contributed by atoms with Gasteiger partial charge in [-0.15, -0.1) is 0 Å². The van der Waals surface area contributed by atoms with Gasteiger partial charge in [-0.2, -0.15) is 10.1 Å². The van der Waals surface area contributed by atoms with Crippen molar-refractivity contribution >= 4 is 17.7 Å². The van der Waals surface area contributed by atoms with Gasteiger partial charge in [0.15, 0.2) is 6.61 Å². The van der Waals surface area contributed by atoms with E-state index in [0.29, 0.717) is 22.6 Å². The molecule has 156 valence electrons. The van der Waals surface area contributed by atoms with E-state index in [1.807, 2.05) is 6.92 Å². The summed E-state index contributed by atoms with van der Waals surface area (Å²) in [6, 6.07) is 6.44. The third-order valence-electron chi connectivity index (χ3n) is 5.27. The largest absolute Gasteiger partial charge is 0.455 e. The standard InChI is InChI=1S/C21H22FN5O3/c1-13-17(14(2)27-21(25-13)23-12-24-27)9-20(29)30-11-19(28)26(16-7-8-16)10-15-5-3-4-6-18(15)22/h3-6,12,16H,7-11H2,1-2H3. The summed E-state index contributed by atoms with van der Waals surface area (Å²) in [4.78, 5) is 35.0. The average Bonchev–Trinajstić information content (AvgIpc) is 3.46. The van der Waals surface area contributed by atoms with Crippen LogP contribution in [0.5, 0.6) is 0 Å². The Balaban J connectivity index is 1.39. The Labute approximate surface area is 172 Å². The van der Waals surface area contributed by atoms with Crippen LogP contribution in [0.25, 0.3) is 5.78 Å². The molecule has 3 aromatic rings. The van der Waals surface area contributed by atoms with E-state index >= 15 is 0 Å². The first-order valence-corrected chi connectivity index (χ1v) is 9.78. The maximum Gasteiger partial charge on any atom is 0.310 e. The molecule has 0 N–H and O–H groups in total. The molecular formula is C21H22FN5O3. The van der Waals surface area contributed by atoms with E-state index in [9.17, 15) is 14.0 Å². The molecule has 30 heavy (non-hydrogen) atoms. The van der Waals surface area contributed by atoms with Gasteiger partial charge < -0.3 is 9.64 Å². The third kappa shape index (κ3) is 4.14. The summed E-state index contributed by atoms with van der Waals surface area (Å²) < 4.78 is 20.8. The number of hydrogen-bond acceptors (Lipinski definition) is 6. The summed E-state index contributed by atoms with van der Waals surface area (Å²) in [6.45, 7) is 3.41. The fourth-order valence-electron chi connectivity index (χ4n) is 3.45. The summed E-state index contributed by atoms with van der Waals surface area (Å²) in [7, 11) is 0. The molecule has 0 atom stereocenters. The number of halogens is 1. The summed E-state index contributed by atoms with van der Waals surface area (Å²) in [6.07, 6.45) is 3.12. The van der Waals surface area contributed by atoms with Crippen molar-refractivity contribution in [1.29, 1.82) is 0 Å². The van der Waals surface area contributed by atoms with Crippen molar-refractivity contribution in [1.82, 2.24) is 24.5 Å². The Morgan fingerprint density at radius 1 is 1.27 bits per heavy atom. The molecule has 1 saturated carbocycles. The van der Waals surface area contributed by atoms with E-state index in [2.05, 4.69) is 15.1 Å². The highest BCUT2D eigenvalue weighted by atomic mass is 19.1. The van der Waals surface area contributed by atoms with Crippen molar-refractivity contribution in [2.45, 2.75) is 45.7 Å². The first-order valence-electron chi connectivity index (χ1n) is 9.78. The smallest absolute Gasteiger partial charge is 0.310 e. The molecule has 0 radical (unpaired) electrons. The van der Waals surface area contributed by atoms with Crippen molar-refractivity contribution in [2.24, 2.45) is 0 Å². The summed E-state index contributed by atoms with van der Waals surface area (Å²) in [5.41, 5.74) is 2.55. The molecule has 0 bridgehead atoms. The molecule has 8 nitrogen and oxygen atoms in total. The van der Waals surface area contributed by atoms with E-state index in [1.54, 1.807) is 34.5 Å². The number of benzene rings is 1. The number of fused-ring (bicyclic) bond motifs is 1. The lowest BCUT2D eigenvalue weighted by molar-refractivity contribution is -0.152. The lowest BCUT2D eigenvalue weighted by Crippen LogP contribution is -2.36. The molecule has 9 heteroatoms. The van der Waals surface area contributed by atoms with Gasteiger partial charge in [0.2, 0.25) is 0 Å². The van der Waals surface area contributed by atoms with Gasteiger partial charge in [0.1, 0.15) is 12.1 Å². The second-order valence-corrected chi connectivity index (χ2v) is 7.41. The van der Waals surface area contributed by atoms with Gasteiger partial charge in [0.25, 0.3) is 11.7 Å². The van der Waals surface area contributed by atoms with Crippen LogP contribution in [0.15, 0.2) is 30.6 Å². The van der Waals surface area contributed by atoms with Gasteiger partial charge in [-0.3, -0.25) is 9.59 Å². The number of amides is 1. The molecule has 1 amide bonds. The van der Waals surface area contributed by atoms with Crippen LogP contribution in [0.3, 0.4) is 0 Å². The van der Waals surface area contributed by atoms with Crippen LogP contribution in [0.1, 0.15) is 35.4 Å². The van der Waals surface area contributed by atoms with Gasteiger partial charge in [-0.1, -0.05) is 18.2 Å². The van der Waals surface area contributed by atoms with Crippen LogP contribution in [0.2, 0.25) is 0 Å². The number of esters is 1. The molecular weight excluding hydrogens is 389 g/mol. The Morgan fingerprint density at radius 2 is 2.03 bits per heavy atom. The first-order chi connectivity index (χ1) is 14.4. The zero-order valence-corrected chi connectivity index (χ0v) is 16.8. The summed E-state index contributed by atoms with van der Waals surface area (Å²) in [5, 5.41) is 4.10. The quantitative estimate of drug-likeness (QED) is 0.554. The van der Waals surface area contributed by atoms with Gasteiger partial charge >= 0.3 is 5.97 Å². The van der Waals surface area contributed by atoms with Crippen molar-refractivity contribution < 1.29 is 18.7 Å². The Kier molecular flexibility index (Phi) is 5.43. The number of hydrogen-bond donors (Lipinski definition) is 0. The highest BCUT2D eigenvalue weighted by Crippen LogP contribution is 2.29. The summed E-state index contributed by atoms with van der Waals surface area (Å²) >= 11 is 0. The van der Waals surface area contributed by atoms with E-state index in [-0.39, 0.29) is 37.3 Å². The highest BCUT2D eigenvalue weighted by Gasteiger charge is 2.33. The van der Waals surface area contributed by atoms with Crippen molar-refractivity contribution in [3.8, 4) is 0 Å². The topological polar surface area (TPSA) is 89.7 Å². The van der Waals surface area contributed by atoms with Gasteiger partial charge in [-0.05, 0) is 32.8 Å².